The fraction of sp³-hybridized carbons (Fsp3) is 0.538. The highest BCUT2D eigenvalue weighted by Crippen LogP contribution is 2.28. The number of anilines is 2. The maximum atomic E-state index is 5.91. The van der Waals surface area contributed by atoms with Gasteiger partial charge in [-0.25, -0.2) is 4.98 Å². The summed E-state index contributed by atoms with van der Waals surface area (Å²) in [5, 5.41) is 0. The second-order valence-electron chi connectivity index (χ2n) is 5.17. The van der Waals surface area contributed by atoms with E-state index in [1.807, 2.05) is 25.1 Å². The third kappa shape index (κ3) is 2.54. The Labute approximate surface area is 117 Å². The first kappa shape index (κ1) is 13.1. The molecule has 2 aromatic rings. The second kappa shape index (κ2) is 5.26. The van der Waals surface area contributed by atoms with E-state index in [2.05, 4.69) is 14.9 Å². The summed E-state index contributed by atoms with van der Waals surface area (Å²) in [5.41, 5.74) is 7.28. The molecule has 1 aliphatic rings. The van der Waals surface area contributed by atoms with Crippen LogP contribution in [0.1, 0.15) is 5.76 Å². The smallest absolute Gasteiger partial charge is 0.222 e. The van der Waals surface area contributed by atoms with Crippen LogP contribution in [0.4, 0.5) is 11.8 Å². The Kier molecular flexibility index (Phi) is 3.45. The van der Waals surface area contributed by atoms with Gasteiger partial charge in [-0.3, -0.25) is 0 Å². The average molecular weight is 277 g/mol. The van der Waals surface area contributed by atoms with Crippen molar-refractivity contribution in [3.63, 3.8) is 0 Å². The van der Waals surface area contributed by atoms with Crippen LogP contribution >= 0.6 is 0 Å². The van der Waals surface area contributed by atoms with E-state index in [9.17, 15) is 0 Å². The lowest BCUT2D eigenvalue weighted by molar-refractivity contribution is 0.122. The van der Waals surface area contributed by atoms with Gasteiger partial charge < -0.3 is 24.7 Å². The van der Waals surface area contributed by atoms with Crippen LogP contribution in [0.2, 0.25) is 0 Å². The van der Waals surface area contributed by atoms with Gasteiger partial charge in [0.1, 0.15) is 11.3 Å². The number of rotatable bonds is 3. The fourth-order valence-corrected chi connectivity index (χ4v) is 2.36. The summed E-state index contributed by atoms with van der Waals surface area (Å²) >= 11 is 0. The molecule has 0 bridgehead atoms. The van der Waals surface area contributed by atoms with Crippen molar-refractivity contribution in [3.8, 4) is 0 Å². The number of hydrogen-bond acceptors (Lipinski definition) is 7. The summed E-state index contributed by atoms with van der Waals surface area (Å²) in [4.78, 5) is 12.8. The normalized spacial score (nSPS) is 16.2. The van der Waals surface area contributed by atoms with Crippen molar-refractivity contribution < 1.29 is 9.15 Å². The van der Waals surface area contributed by atoms with Crippen molar-refractivity contribution >= 4 is 22.9 Å². The Bertz CT molecular complexity index is 604. The largest absolute Gasteiger partial charge is 0.454 e. The topological polar surface area (TPSA) is 80.7 Å². The predicted molar refractivity (Wildman–Crippen MR) is 76.6 cm³/mol. The summed E-state index contributed by atoms with van der Waals surface area (Å²) in [6.07, 6.45) is 0. The highest BCUT2D eigenvalue weighted by Gasteiger charge is 2.20. The Morgan fingerprint density at radius 3 is 2.75 bits per heavy atom. The van der Waals surface area contributed by atoms with Gasteiger partial charge in [-0.15, -0.1) is 0 Å². The Hall–Kier alpha value is -1.86. The van der Waals surface area contributed by atoms with E-state index >= 15 is 0 Å². The SMILES string of the molecule is CN(C)Cc1cc2nc(N)nc(N3CCOCC3)c2o1. The summed E-state index contributed by atoms with van der Waals surface area (Å²) < 4.78 is 11.3. The summed E-state index contributed by atoms with van der Waals surface area (Å²) in [7, 11) is 3.99. The molecular formula is C13H19N5O2. The second-order valence-corrected chi connectivity index (χ2v) is 5.17. The number of ether oxygens (including phenoxy) is 1. The molecule has 1 fully saturated rings. The Morgan fingerprint density at radius 2 is 2.05 bits per heavy atom. The van der Waals surface area contributed by atoms with Crippen LogP contribution in [0, 0.1) is 0 Å². The monoisotopic (exact) mass is 277 g/mol. The number of furan rings is 1. The lowest BCUT2D eigenvalue weighted by atomic mass is 10.3. The van der Waals surface area contributed by atoms with Gasteiger partial charge in [-0.1, -0.05) is 0 Å². The molecule has 3 rings (SSSR count). The van der Waals surface area contributed by atoms with E-state index in [-0.39, 0.29) is 5.95 Å². The third-order valence-corrected chi connectivity index (χ3v) is 3.20. The van der Waals surface area contributed by atoms with Gasteiger partial charge in [-0.05, 0) is 14.1 Å². The van der Waals surface area contributed by atoms with Crippen LogP contribution < -0.4 is 10.6 Å². The number of aromatic nitrogens is 2. The maximum Gasteiger partial charge on any atom is 0.222 e. The van der Waals surface area contributed by atoms with Crippen LogP contribution in [0.3, 0.4) is 0 Å². The molecule has 0 aromatic carbocycles. The molecular weight excluding hydrogens is 258 g/mol. The molecule has 108 valence electrons. The van der Waals surface area contributed by atoms with Crippen LogP contribution in [-0.4, -0.2) is 55.3 Å². The molecule has 0 amide bonds. The molecule has 3 heterocycles. The molecule has 7 heteroatoms. The van der Waals surface area contributed by atoms with Crippen LogP contribution in [0.15, 0.2) is 10.5 Å². The van der Waals surface area contributed by atoms with Crippen LogP contribution in [0.25, 0.3) is 11.1 Å². The molecule has 2 aromatic heterocycles. The van der Waals surface area contributed by atoms with Gasteiger partial charge in [0.15, 0.2) is 11.4 Å². The minimum Gasteiger partial charge on any atom is -0.454 e. The van der Waals surface area contributed by atoms with Crippen molar-refractivity contribution in [3.05, 3.63) is 11.8 Å². The number of nitrogen functional groups attached to an aromatic ring is 1. The van der Waals surface area contributed by atoms with Crippen molar-refractivity contribution in [1.82, 2.24) is 14.9 Å². The van der Waals surface area contributed by atoms with Gasteiger partial charge in [0.05, 0.1) is 19.8 Å². The minimum absolute atomic E-state index is 0.274. The number of hydrogen-bond donors (Lipinski definition) is 1. The van der Waals surface area contributed by atoms with Gasteiger partial charge in [-0.2, -0.15) is 4.98 Å². The lowest BCUT2D eigenvalue weighted by Gasteiger charge is -2.27. The Morgan fingerprint density at radius 1 is 1.30 bits per heavy atom. The molecule has 0 spiro atoms. The number of morpholine rings is 1. The van der Waals surface area contributed by atoms with Crippen molar-refractivity contribution in [2.45, 2.75) is 6.54 Å². The average Bonchev–Trinajstić information content (AvgIpc) is 2.79. The first-order valence-electron chi connectivity index (χ1n) is 6.67. The van der Waals surface area contributed by atoms with Crippen molar-refractivity contribution in [2.24, 2.45) is 0 Å². The van der Waals surface area contributed by atoms with E-state index in [0.717, 1.165) is 36.7 Å². The summed E-state index contributed by atoms with van der Waals surface area (Å²) in [6, 6.07) is 1.93. The number of nitrogens with two attached hydrogens (primary N) is 1. The van der Waals surface area contributed by atoms with Crippen molar-refractivity contribution in [2.75, 3.05) is 51.0 Å². The molecule has 1 aliphatic heterocycles. The highest BCUT2D eigenvalue weighted by atomic mass is 16.5. The highest BCUT2D eigenvalue weighted by molar-refractivity contribution is 5.85. The third-order valence-electron chi connectivity index (χ3n) is 3.20. The molecule has 0 unspecified atom stereocenters. The van der Waals surface area contributed by atoms with E-state index < -0.39 is 0 Å². The van der Waals surface area contributed by atoms with Gasteiger partial charge in [0.2, 0.25) is 5.95 Å². The van der Waals surface area contributed by atoms with Gasteiger partial charge >= 0.3 is 0 Å². The van der Waals surface area contributed by atoms with E-state index in [1.165, 1.54) is 0 Å². The lowest BCUT2D eigenvalue weighted by Crippen LogP contribution is -2.37. The van der Waals surface area contributed by atoms with Crippen molar-refractivity contribution in [1.29, 1.82) is 0 Å². The maximum absolute atomic E-state index is 5.91. The minimum atomic E-state index is 0.274. The molecule has 2 N–H and O–H groups in total. The Balaban J connectivity index is 2.03. The number of nitrogens with zero attached hydrogens (tertiary/aromatic N) is 4. The fourth-order valence-electron chi connectivity index (χ4n) is 2.36. The van der Waals surface area contributed by atoms with Crippen LogP contribution in [-0.2, 0) is 11.3 Å². The van der Waals surface area contributed by atoms with Crippen LogP contribution in [0.5, 0.6) is 0 Å². The molecule has 0 radical (unpaired) electrons. The zero-order valence-corrected chi connectivity index (χ0v) is 11.8. The predicted octanol–water partition coefficient (Wildman–Crippen LogP) is 0.703. The summed E-state index contributed by atoms with van der Waals surface area (Å²) in [6.45, 7) is 3.68. The standard InChI is InChI=1S/C13H19N5O2/c1-17(2)8-9-7-10-11(20-9)12(16-13(14)15-10)18-3-5-19-6-4-18/h7H,3-6,8H2,1-2H3,(H2,14,15,16). The van der Waals surface area contributed by atoms with Gasteiger partial charge in [0.25, 0.3) is 0 Å². The van der Waals surface area contributed by atoms with Gasteiger partial charge in [0, 0.05) is 19.2 Å². The van der Waals surface area contributed by atoms with E-state index in [1.54, 1.807) is 0 Å². The molecule has 20 heavy (non-hydrogen) atoms. The molecule has 0 aliphatic carbocycles. The van der Waals surface area contributed by atoms with E-state index in [4.69, 9.17) is 14.9 Å². The molecule has 7 nitrogen and oxygen atoms in total. The molecule has 0 saturated carbocycles. The molecule has 1 saturated heterocycles. The first-order valence-corrected chi connectivity index (χ1v) is 6.67. The summed E-state index contributed by atoms with van der Waals surface area (Å²) in [5.74, 6) is 1.90. The zero-order valence-electron chi connectivity index (χ0n) is 11.8. The van der Waals surface area contributed by atoms with E-state index in [0.29, 0.717) is 18.8 Å². The number of fused-ring (bicyclic) bond motifs is 1. The zero-order chi connectivity index (χ0) is 14.1. The molecule has 0 atom stereocenters. The quantitative estimate of drug-likeness (QED) is 0.884. The first-order chi connectivity index (χ1) is 9.63.